The molecule has 1 amide bonds. The number of phenolic OH excluding ortho intramolecular Hbond substituents is 1. The van der Waals surface area contributed by atoms with Gasteiger partial charge in [-0.1, -0.05) is 11.6 Å². The standard InChI is InChI=1S/C20H19ClFN3O2S.ClH/c1-10-9-25(11(2)7-23-10)20(27)15-6-12(5-13-8-24-28-19(13)15)14-3-4-16(26)18(22)17(14)21;/h3-6,8,10-11,23,26H,7,9H2,1-2H3;1H/t10-,11+;/m1./s1. The fourth-order valence-electron chi connectivity index (χ4n) is 3.52. The number of fused-ring (bicyclic) bond motifs is 1. The Hall–Kier alpha value is -1.93. The van der Waals surface area contributed by atoms with Crippen LogP contribution >= 0.6 is 35.5 Å². The monoisotopic (exact) mass is 455 g/mol. The lowest BCUT2D eigenvalue weighted by Gasteiger charge is -2.37. The molecule has 2 heterocycles. The van der Waals surface area contributed by atoms with Gasteiger partial charge in [-0.05, 0) is 55.2 Å². The molecule has 0 aliphatic carbocycles. The van der Waals surface area contributed by atoms with Crippen LogP contribution in [0, 0.1) is 5.82 Å². The maximum absolute atomic E-state index is 14.1. The second kappa shape index (κ2) is 8.44. The summed E-state index contributed by atoms with van der Waals surface area (Å²) in [6, 6.07) is 6.64. The zero-order valence-electron chi connectivity index (χ0n) is 15.8. The van der Waals surface area contributed by atoms with E-state index in [4.69, 9.17) is 11.6 Å². The van der Waals surface area contributed by atoms with Crippen LogP contribution in [0.15, 0.2) is 30.5 Å². The predicted octanol–water partition coefficient (Wildman–Crippen LogP) is 4.71. The maximum atomic E-state index is 14.1. The number of aromatic hydroxyl groups is 1. The van der Waals surface area contributed by atoms with Crippen molar-refractivity contribution < 1.29 is 14.3 Å². The summed E-state index contributed by atoms with van der Waals surface area (Å²) >= 11 is 7.39. The van der Waals surface area contributed by atoms with E-state index in [1.54, 1.807) is 18.3 Å². The molecule has 2 aromatic carbocycles. The Morgan fingerprint density at radius 3 is 2.90 bits per heavy atom. The van der Waals surface area contributed by atoms with Crippen LogP contribution in [0.3, 0.4) is 0 Å². The Bertz CT molecular complexity index is 1080. The fraction of sp³-hybridized carbons (Fsp3) is 0.300. The first kappa shape index (κ1) is 21.8. The minimum atomic E-state index is -0.875. The van der Waals surface area contributed by atoms with E-state index in [1.807, 2.05) is 24.8 Å². The van der Waals surface area contributed by atoms with Crippen LogP contribution in [0.2, 0.25) is 5.02 Å². The Kier molecular flexibility index (Phi) is 6.33. The van der Waals surface area contributed by atoms with E-state index in [1.165, 1.54) is 17.6 Å². The van der Waals surface area contributed by atoms with E-state index in [2.05, 4.69) is 9.69 Å². The van der Waals surface area contributed by atoms with Crippen LogP contribution in [0.1, 0.15) is 24.2 Å². The number of hydrogen-bond donors (Lipinski definition) is 2. The van der Waals surface area contributed by atoms with Crippen molar-refractivity contribution in [2.24, 2.45) is 0 Å². The lowest BCUT2D eigenvalue weighted by Crippen LogP contribution is -2.56. The third-order valence-electron chi connectivity index (χ3n) is 5.08. The van der Waals surface area contributed by atoms with Crippen molar-refractivity contribution in [2.45, 2.75) is 25.9 Å². The number of carbonyl (C=O) groups is 1. The molecule has 4 rings (SSSR count). The average Bonchev–Trinajstić information content (AvgIpc) is 3.15. The zero-order chi connectivity index (χ0) is 20.0. The van der Waals surface area contributed by atoms with E-state index in [0.717, 1.165) is 16.6 Å². The van der Waals surface area contributed by atoms with E-state index in [9.17, 15) is 14.3 Å². The largest absolute Gasteiger partial charge is 0.505 e. The van der Waals surface area contributed by atoms with Crippen LogP contribution in [0.5, 0.6) is 5.75 Å². The lowest BCUT2D eigenvalue weighted by molar-refractivity contribution is 0.0618. The molecular formula is C20H20Cl2FN3O2S. The van der Waals surface area contributed by atoms with Crippen LogP contribution in [-0.2, 0) is 0 Å². The summed E-state index contributed by atoms with van der Waals surface area (Å²) in [6.07, 6.45) is 1.69. The highest BCUT2D eigenvalue weighted by Crippen LogP contribution is 2.37. The van der Waals surface area contributed by atoms with Crippen LogP contribution in [-0.4, -0.2) is 45.5 Å². The number of benzene rings is 2. The third-order valence-corrected chi connectivity index (χ3v) is 6.30. The molecule has 9 heteroatoms. The Balaban J connectivity index is 0.00000240. The van der Waals surface area contributed by atoms with Gasteiger partial charge in [0.2, 0.25) is 0 Å². The number of halogens is 3. The van der Waals surface area contributed by atoms with Crippen LogP contribution < -0.4 is 5.32 Å². The highest BCUT2D eigenvalue weighted by molar-refractivity contribution is 7.13. The number of nitrogens with zero attached hydrogens (tertiary/aromatic N) is 2. The zero-order valence-corrected chi connectivity index (χ0v) is 18.2. The molecule has 1 aromatic heterocycles. The van der Waals surface area contributed by atoms with Crippen molar-refractivity contribution in [1.29, 1.82) is 0 Å². The summed E-state index contributed by atoms with van der Waals surface area (Å²) in [7, 11) is 0. The minimum absolute atomic E-state index is 0. The molecule has 5 nitrogen and oxygen atoms in total. The van der Waals surface area contributed by atoms with E-state index in [0.29, 0.717) is 23.2 Å². The second-order valence-corrected chi connectivity index (χ2v) is 8.32. The van der Waals surface area contributed by atoms with Gasteiger partial charge >= 0.3 is 0 Å². The predicted molar refractivity (Wildman–Crippen MR) is 117 cm³/mol. The number of phenols is 1. The van der Waals surface area contributed by atoms with E-state index >= 15 is 0 Å². The quantitative estimate of drug-likeness (QED) is 0.587. The molecule has 3 aromatic rings. The van der Waals surface area contributed by atoms with Crippen molar-refractivity contribution >= 4 is 51.5 Å². The molecule has 0 spiro atoms. The summed E-state index contributed by atoms with van der Waals surface area (Å²) < 4.78 is 19.1. The summed E-state index contributed by atoms with van der Waals surface area (Å²) in [6.45, 7) is 5.40. The van der Waals surface area contributed by atoms with Gasteiger partial charge in [-0.3, -0.25) is 4.79 Å². The second-order valence-electron chi connectivity index (χ2n) is 7.14. The van der Waals surface area contributed by atoms with Crippen molar-refractivity contribution in [3.8, 4) is 16.9 Å². The third kappa shape index (κ3) is 3.92. The summed E-state index contributed by atoms with van der Waals surface area (Å²) in [5, 5.41) is 13.5. The van der Waals surface area contributed by atoms with Gasteiger partial charge in [-0.2, -0.15) is 4.37 Å². The molecule has 2 atom stereocenters. The summed E-state index contributed by atoms with van der Waals surface area (Å²) in [5.74, 6) is -1.46. The molecule has 0 saturated carbocycles. The van der Waals surface area contributed by atoms with Gasteiger partial charge in [-0.15, -0.1) is 12.4 Å². The average molecular weight is 456 g/mol. The Morgan fingerprint density at radius 1 is 1.38 bits per heavy atom. The smallest absolute Gasteiger partial charge is 0.255 e. The minimum Gasteiger partial charge on any atom is -0.505 e. The first-order valence-corrected chi connectivity index (χ1v) is 10.1. The van der Waals surface area contributed by atoms with Crippen molar-refractivity contribution in [1.82, 2.24) is 14.6 Å². The van der Waals surface area contributed by atoms with Gasteiger partial charge in [0.05, 0.1) is 15.3 Å². The van der Waals surface area contributed by atoms with Crippen molar-refractivity contribution in [3.63, 3.8) is 0 Å². The molecule has 1 aliphatic heterocycles. The number of amides is 1. The van der Waals surface area contributed by atoms with Gasteiger partial charge < -0.3 is 15.3 Å². The van der Waals surface area contributed by atoms with Gasteiger partial charge in [0.25, 0.3) is 5.91 Å². The van der Waals surface area contributed by atoms with Crippen LogP contribution in [0.25, 0.3) is 21.2 Å². The molecule has 29 heavy (non-hydrogen) atoms. The lowest BCUT2D eigenvalue weighted by atomic mass is 9.99. The number of carbonyl (C=O) groups excluding carboxylic acids is 1. The van der Waals surface area contributed by atoms with Gasteiger partial charge in [0.1, 0.15) is 0 Å². The number of nitrogens with one attached hydrogen (secondary N) is 1. The molecule has 0 unspecified atom stereocenters. The Labute approximate surface area is 183 Å². The van der Waals surface area contributed by atoms with Crippen molar-refractivity contribution in [2.75, 3.05) is 13.1 Å². The van der Waals surface area contributed by atoms with Crippen LogP contribution in [0.4, 0.5) is 4.39 Å². The summed E-state index contributed by atoms with van der Waals surface area (Å²) in [4.78, 5) is 15.2. The first-order chi connectivity index (χ1) is 13.4. The molecule has 1 fully saturated rings. The first-order valence-electron chi connectivity index (χ1n) is 8.97. The van der Waals surface area contributed by atoms with E-state index < -0.39 is 11.6 Å². The highest BCUT2D eigenvalue weighted by Gasteiger charge is 2.29. The summed E-state index contributed by atoms with van der Waals surface area (Å²) in [5.41, 5.74) is 1.55. The normalized spacial score (nSPS) is 19.2. The molecule has 154 valence electrons. The molecule has 1 aliphatic rings. The fourth-order valence-corrected chi connectivity index (χ4v) is 4.52. The maximum Gasteiger partial charge on any atom is 0.255 e. The molecule has 2 N–H and O–H groups in total. The van der Waals surface area contributed by atoms with Gasteiger partial charge in [0.15, 0.2) is 11.6 Å². The number of rotatable bonds is 2. The topological polar surface area (TPSA) is 65.5 Å². The van der Waals surface area contributed by atoms with Crippen molar-refractivity contribution in [3.05, 3.63) is 46.9 Å². The number of hydrogen-bond acceptors (Lipinski definition) is 5. The highest BCUT2D eigenvalue weighted by atomic mass is 35.5. The number of aromatic nitrogens is 1. The Morgan fingerprint density at radius 2 is 2.14 bits per heavy atom. The molecule has 0 radical (unpaired) electrons. The molecular weight excluding hydrogens is 436 g/mol. The van der Waals surface area contributed by atoms with Gasteiger partial charge in [-0.25, -0.2) is 4.39 Å². The molecule has 1 saturated heterocycles. The SMILES string of the molecule is C[C@@H]1CN(C(=O)c2cc(-c3ccc(O)c(F)c3Cl)cc3cnsc23)[C@@H](C)CN1.Cl. The van der Waals surface area contributed by atoms with Gasteiger partial charge in [0, 0.05) is 42.3 Å². The van der Waals surface area contributed by atoms with E-state index in [-0.39, 0.29) is 35.4 Å². The number of piperazine rings is 1. The molecule has 0 bridgehead atoms.